The molecule has 0 bridgehead atoms. The van der Waals surface area contributed by atoms with Gasteiger partial charge in [-0.05, 0) is 32.4 Å². The Kier molecular flexibility index (Phi) is 4.40. The molecule has 3 nitrogen and oxygen atoms in total. The summed E-state index contributed by atoms with van der Waals surface area (Å²) in [6, 6.07) is 3.14. The van der Waals surface area contributed by atoms with Gasteiger partial charge in [0.15, 0.2) is 0 Å². The lowest BCUT2D eigenvalue weighted by Crippen LogP contribution is -2.51. The fourth-order valence-corrected chi connectivity index (χ4v) is 1.81. The van der Waals surface area contributed by atoms with Gasteiger partial charge in [-0.15, -0.1) is 0 Å². The van der Waals surface area contributed by atoms with Crippen molar-refractivity contribution in [2.45, 2.75) is 38.8 Å². The lowest BCUT2D eigenvalue weighted by molar-refractivity contribution is -0.145. The van der Waals surface area contributed by atoms with E-state index in [1.54, 1.807) is 6.92 Å². The molecule has 0 saturated carbocycles. The number of benzene rings is 1. The van der Waals surface area contributed by atoms with Gasteiger partial charge in [0.05, 0.1) is 5.56 Å². The smallest absolute Gasteiger partial charge is 0.328 e. The van der Waals surface area contributed by atoms with E-state index in [2.05, 4.69) is 5.32 Å². The van der Waals surface area contributed by atoms with Crippen LogP contribution in [0.4, 0.5) is 8.78 Å². The minimum atomic E-state index is -1.79. The number of hydrogen-bond acceptors (Lipinski definition) is 2. The Morgan fingerprint density at radius 2 is 1.94 bits per heavy atom. The van der Waals surface area contributed by atoms with Crippen LogP contribution in [0.3, 0.4) is 0 Å². The van der Waals surface area contributed by atoms with Crippen LogP contribution in [0, 0.1) is 11.6 Å². The highest BCUT2D eigenvalue weighted by Gasteiger charge is 2.40. The summed E-state index contributed by atoms with van der Waals surface area (Å²) in [4.78, 5) is 11.4. The molecule has 0 saturated heterocycles. The zero-order valence-electron chi connectivity index (χ0n) is 10.6. The first-order chi connectivity index (χ1) is 8.32. The second-order valence-electron chi connectivity index (χ2n) is 4.48. The van der Waals surface area contributed by atoms with Crippen LogP contribution >= 0.6 is 0 Å². The standard InChI is InChI=1S/C13H17F2NO2/c1-4-8(2)16-13(3,12(17)18)11-9(14)6-5-7-10(11)15/h5-8,16H,4H2,1-3H3,(H,17,18). The van der Waals surface area contributed by atoms with E-state index in [1.807, 2.05) is 6.92 Å². The molecule has 0 amide bonds. The number of nitrogens with one attached hydrogen (secondary N) is 1. The second-order valence-corrected chi connectivity index (χ2v) is 4.48. The zero-order valence-corrected chi connectivity index (χ0v) is 10.6. The predicted octanol–water partition coefficient (Wildman–Crippen LogP) is 2.65. The average molecular weight is 257 g/mol. The summed E-state index contributed by atoms with van der Waals surface area (Å²) in [5.41, 5.74) is -2.25. The van der Waals surface area contributed by atoms with E-state index >= 15 is 0 Å². The van der Waals surface area contributed by atoms with Crippen molar-refractivity contribution in [3.63, 3.8) is 0 Å². The number of carboxylic acid groups (broad SMARTS) is 1. The van der Waals surface area contributed by atoms with Crippen LogP contribution < -0.4 is 5.32 Å². The molecule has 0 fully saturated rings. The number of carboxylic acids is 1. The molecule has 0 aromatic heterocycles. The second kappa shape index (κ2) is 5.44. The molecule has 1 rings (SSSR count). The summed E-state index contributed by atoms with van der Waals surface area (Å²) in [5, 5.41) is 12.0. The molecule has 0 aliphatic carbocycles. The van der Waals surface area contributed by atoms with Crippen molar-refractivity contribution in [2.24, 2.45) is 0 Å². The molecule has 1 aromatic rings. The van der Waals surface area contributed by atoms with Gasteiger partial charge in [0.1, 0.15) is 17.2 Å². The van der Waals surface area contributed by atoms with Crippen LogP contribution in [0.1, 0.15) is 32.8 Å². The lowest BCUT2D eigenvalue weighted by atomic mass is 9.90. The highest BCUT2D eigenvalue weighted by Crippen LogP contribution is 2.27. The van der Waals surface area contributed by atoms with Gasteiger partial charge in [0.25, 0.3) is 0 Å². The molecule has 2 unspecified atom stereocenters. The molecule has 0 heterocycles. The monoisotopic (exact) mass is 257 g/mol. The lowest BCUT2D eigenvalue weighted by Gasteiger charge is -2.30. The summed E-state index contributed by atoms with van der Waals surface area (Å²) < 4.78 is 27.4. The number of aliphatic carboxylic acids is 1. The maximum atomic E-state index is 13.7. The third-order valence-electron chi connectivity index (χ3n) is 3.04. The summed E-state index contributed by atoms with van der Waals surface area (Å²) >= 11 is 0. The maximum absolute atomic E-state index is 13.7. The van der Waals surface area contributed by atoms with Crippen LogP contribution in [0.25, 0.3) is 0 Å². The Balaban J connectivity index is 3.32. The van der Waals surface area contributed by atoms with Crippen molar-refractivity contribution >= 4 is 5.97 Å². The summed E-state index contributed by atoms with van der Waals surface area (Å²) in [6.07, 6.45) is 0.652. The van der Waals surface area contributed by atoms with Crippen molar-refractivity contribution in [1.29, 1.82) is 0 Å². The summed E-state index contributed by atoms with van der Waals surface area (Å²) in [5.74, 6) is -3.04. The largest absolute Gasteiger partial charge is 0.480 e. The van der Waals surface area contributed by atoms with E-state index in [4.69, 9.17) is 0 Å². The van der Waals surface area contributed by atoms with Crippen molar-refractivity contribution in [3.05, 3.63) is 35.4 Å². The van der Waals surface area contributed by atoms with E-state index in [0.29, 0.717) is 6.42 Å². The van der Waals surface area contributed by atoms with Crippen LogP contribution in [0.5, 0.6) is 0 Å². The minimum Gasteiger partial charge on any atom is -0.480 e. The first-order valence-electron chi connectivity index (χ1n) is 5.78. The van der Waals surface area contributed by atoms with Crippen LogP contribution in [0.2, 0.25) is 0 Å². The molecule has 100 valence electrons. The average Bonchev–Trinajstić information content (AvgIpc) is 2.28. The molecule has 2 N–H and O–H groups in total. The van der Waals surface area contributed by atoms with E-state index in [1.165, 1.54) is 13.0 Å². The number of carbonyl (C=O) groups is 1. The fraction of sp³-hybridized carbons (Fsp3) is 0.462. The first kappa shape index (κ1) is 14.6. The third kappa shape index (κ3) is 2.67. The number of hydrogen-bond donors (Lipinski definition) is 2. The molecular formula is C13H17F2NO2. The zero-order chi connectivity index (χ0) is 13.9. The molecule has 18 heavy (non-hydrogen) atoms. The highest BCUT2D eigenvalue weighted by molar-refractivity contribution is 5.80. The van der Waals surface area contributed by atoms with Crippen molar-refractivity contribution in [1.82, 2.24) is 5.32 Å². The highest BCUT2D eigenvalue weighted by atomic mass is 19.1. The van der Waals surface area contributed by atoms with Gasteiger partial charge < -0.3 is 5.11 Å². The van der Waals surface area contributed by atoms with Crippen LogP contribution in [-0.4, -0.2) is 17.1 Å². The molecule has 2 atom stereocenters. The fourth-order valence-electron chi connectivity index (χ4n) is 1.81. The topological polar surface area (TPSA) is 49.3 Å². The Morgan fingerprint density at radius 1 is 1.44 bits per heavy atom. The quantitative estimate of drug-likeness (QED) is 0.852. The molecule has 0 aliphatic rings. The van der Waals surface area contributed by atoms with E-state index < -0.39 is 28.7 Å². The van der Waals surface area contributed by atoms with Gasteiger partial charge in [-0.1, -0.05) is 13.0 Å². The van der Waals surface area contributed by atoms with Gasteiger partial charge in [-0.25, -0.2) is 13.6 Å². The molecule has 0 aliphatic heterocycles. The van der Waals surface area contributed by atoms with Crippen molar-refractivity contribution < 1.29 is 18.7 Å². The molecule has 5 heteroatoms. The Bertz CT molecular complexity index is 430. The van der Waals surface area contributed by atoms with Gasteiger partial charge in [0.2, 0.25) is 0 Å². The summed E-state index contributed by atoms with van der Waals surface area (Å²) in [6.45, 7) is 4.89. The Morgan fingerprint density at radius 3 is 2.33 bits per heavy atom. The normalized spacial score (nSPS) is 16.1. The minimum absolute atomic E-state index is 0.176. The van der Waals surface area contributed by atoms with Gasteiger partial charge in [-0.3, -0.25) is 5.32 Å². The van der Waals surface area contributed by atoms with E-state index in [0.717, 1.165) is 12.1 Å². The van der Waals surface area contributed by atoms with Crippen LogP contribution in [0.15, 0.2) is 18.2 Å². The van der Waals surface area contributed by atoms with E-state index in [9.17, 15) is 18.7 Å². The third-order valence-corrected chi connectivity index (χ3v) is 3.04. The predicted molar refractivity (Wildman–Crippen MR) is 64.2 cm³/mol. The maximum Gasteiger partial charge on any atom is 0.328 e. The van der Waals surface area contributed by atoms with Gasteiger partial charge >= 0.3 is 5.97 Å². The molecular weight excluding hydrogens is 240 g/mol. The van der Waals surface area contributed by atoms with Crippen molar-refractivity contribution in [3.8, 4) is 0 Å². The number of rotatable bonds is 5. The Hall–Kier alpha value is -1.49. The molecule has 0 radical (unpaired) electrons. The molecule has 1 aromatic carbocycles. The first-order valence-corrected chi connectivity index (χ1v) is 5.78. The van der Waals surface area contributed by atoms with Crippen molar-refractivity contribution in [2.75, 3.05) is 0 Å². The number of halogens is 2. The van der Waals surface area contributed by atoms with Gasteiger partial charge in [0, 0.05) is 6.04 Å². The SMILES string of the molecule is CCC(C)NC(C)(C(=O)O)c1c(F)cccc1F. The summed E-state index contributed by atoms with van der Waals surface area (Å²) in [7, 11) is 0. The van der Waals surface area contributed by atoms with E-state index in [-0.39, 0.29) is 6.04 Å². The Labute approximate surface area is 105 Å². The molecule has 0 spiro atoms. The van der Waals surface area contributed by atoms with Gasteiger partial charge in [-0.2, -0.15) is 0 Å². The van der Waals surface area contributed by atoms with Crippen LogP contribution in [-0.2, 0) is 10.3 Å².